The molecule has 1 aromatic heterocycles. The molecule has 0 atom stereocenters. The van der Waals surface area contributed by atoms with E-state index in [9.17, 15) is 0 Å². The van der Waals surface area contributed by atoms with Crippen LogP contribution in [0.5, 0.6) is 5.75 Å². The number of methoxy groups -OCH3 is 1. The van der Waals surface area contributed by atoms with E-state index in [1.54, 1.807) is 25.1 Å². The summed E-state index contributed by atoms with van der Waals surface area (Å²) in [5.74, 6) is 3.05. The Balaban J connectivity index is 2.07. The van der Waals surface area contributed by atoms with Gasteiger partial charge in [-0.1, -0.05) is 20.8 Å². The molecule has 0 bridgehead atoms. The number of oxazole rings is 1. The van der Waals surface area contributed by atoms with Gasteiger partial charge in [0.05, 0.1) is 19.1 Å². The number of nitrogens with two attached hydrogens (primary N) is 1. The topological polar surface area (TPSA) is 61.3 Å². The lowest BCUT2D eigenvalue weighted by molar-refractivity contribution is 0.391. The summed E-state index contributed by atoms with van der Waals surface area (Å²) in [5.41, 5.74) is 6.67. The molecule has 2 aromatic rings. The van der Waals surface area contributed by atoms with Crippen molar-refractivity contribution in [2.24, 2.45) is 0 Å². The predicted molar refractivity (Wildman–Crippen MR) is 82.2 cm³/mol. The molecule has 0 spiro atoms. The van der Waals surface area contributed by atoms with Gasteiger partial charge in [-0.2, -0.15) is 0 Å². The van der Waals surface area contributed by atoms with E-state index in [4.69, 9.17) is 14.9 Å². The van der Waals surface area contributed by atoms with Crippen molar-refractivity contribution in [3.8, 4) is 5.75 Å². The zero-order chi connectivity index (χ0) is 14.8. The number of benzene rings is 1. The maximum Gasteiger partial charge on any atom is 0.204 e. The first-order valence-corrected chi connectivity index (χ1v) is 7.40. The van der Waals surface area contributed by atoms with Crippen molar-refractivity contribution in [1.29, 1.82) is 0 Å². The Bertz CT molecular complexity index is 588. The molecule has 0 aliphatic carbocycles. The average Bonchev–Trinajstić information content (AvgIpc) is 2.86. The number of hydrogen-bond donors (Lipinski definition) is 1. The lowest BCUT2D eigenvalue weighted by atomic mass is 9.94. The van der Waals surface area contributed by atoms with Crippen LogP contribution in [-0.4, -0.2) is 12.1 Å². The van der Waals surface area contributed by atoms with Gasteiger partial charge >= 0.3 is 0 Å². The third-order valence-corrected chi connectivity index (χ3v) is 3.92. The van der Waals surface area contributed by atoms with Crippen LogP contribution < -0.4 is 10.5 Å². The van der Waals surface area contributed by atoms with Crippen molar-refractivity contribution in [1.82, 2.24) is 4.98 Å². The molecule has 0 saturated carbocycles. The minimum absolute atomic E-state index is 0.0229. The van der Waals surface area contributed by atoms with Gasteiger partial charge in [0.25, 0.3) is 0 Å². The fourth-order valence-corrected chi connectivity index (χ4v) is 2.48. The Labute approximate surface area is 123 Å². The van der Waals surface area contributed by atoms with E-state index >= 15 is 0 Å². The fourth-order valence-electron chi connectivity index (χ4n) is 1.63. The summed E-state index contributed by atoms with van der Waals surface area (Å²) in [5, 5.41) is 0. The summed E-state index contributed by atoms with van der Waals surface area (Å²) in [7, 11) is 1.64. The summed E-state index contributed by atoms with van der Waals surface area (Å²) >= 11 is 1.59. The first-order chi connectivity index (χ1) is 9.40. The van der Waals surface area contributed by atoms with Crippen LogP contribution in [0.2, 0.25) is 0 Å². The zero-order valence-corrected chi connectivity index (χ0v) is 13.1. The smallest absolute Gasteiger partial charge is 0.204 e. The van der Waals surface area contributed by atoms with E-state index in [1.165, 1.54) is 0 Å². The number of nitrogen functional groups attached to an aromatic ring is 1. The highest BCUT2D eigenvalue weighted by Gasteiger charge is 2.19. The van der Waals surface area contributed by atoms with Gasteiger partial charge in [0.15, 0.2) is 0 Å². The molecule has 20 heavy (non-hydrogen) atoms. The average molecular weight is 292 g/mol. The van der Waals surface area contributed by atoms with Crippen LogP contribution >= 0.6 is 11.8 Å². The van der Waals surface area contributed by atoms with Gasteiger partial charge in [-0.3, -0.25) is 0 Å². The maximum absolute atomic E-state index is 5.96. The second kappa shape index (κ2) is 5.79. The molecule has 4 nitrogen and oxygen atoms in total. The fraction of sp³-hybridized carbons (Fsp3) is 0.400. The predicted octanol–water partition coefficient (Wildman–Crippen LogP) is 3.86. The van der Waals surface area contributed by atoms with Crippen LogP contribution in [0.15, 0.2) is 33.7 Å². The Kier molecular flexibility index (Phi) is 4.28. The van der Waals surface area contributed by atoms with E-state index < -0.39 is 0 Å². The minimum Gasteiger partial charge on any atom is -0.497 e. The van der Waals surface area contributed by atoms with Gasteiger partial charge in [0.1, 0.15) is 11.5 Å². The number of anilines is 1. The molecule has 0 aliphatic heterocycles. The van der Waals surface area contributed by atoms with Crippen molar-refractivity contribution >= 4 is 17.4 Å². The molecular formula is C15H20N2O2S. The quantitative estimate of drug-likeness (QED) is 0.685. The highest BCUT2D eigenvalue weighted by Crippen LogP contribution is 2.32. The highest BCUT2D eigenvalue weighted by atomic mass is 32.2. The zero-order valence-electron chi connectivity index (χ0n) is 12.3. The van der Waals surface area contributed by atoms with E-state index in [0.717, 1.165) is 22.1 Å². The number of aromatic nitrogens is 1. The molecule has 2 N–H and O–H groups in total. The molecule has 1 heterocycles. The van der Waals surface area contributed by atoms with Crippen molar-refractivity contribution < 1.29 is 9.15 Å². The molecule has 108 valence electrons. The summed E-state index contributed by atoms with van der Waals surface area (Å²) < 4.78 is 11.0. The van der Waals surface area contributed by atoms with E-state index in [1.807, 2.05) is 18.2 Å². The van der Waals surface area contributed by atoms with Gasteiger partial charge in [-0.15, -0.1) is 11.8 Å². The van der Waals surface area contributed by atoms with Crippen LogP contribution in [0.3, 0.4) is 0 Å². The molecule has 0 unspecified atom stereocenters. The Hall–Kier alpha value is -1.62. The van der Waals surface area contributed by atoms with Crippen molar-refractivity contribution in [3.05, 3.63) is 36.0 Å². The van der Waals surface area contributed by atoms with Gasteiger partial charge < -0.3 is 14.9 Å². The summed E-state index contributed by atoms with van der Waals surface area (Å²) in [6.07, 6.45) is 1.80. The summed E-state index contributed by atoms with van der Waals surface area (Å²) in [6, 6.07) is 5.62. The second-order valence-corrected chi connectivity index (χ2v) is 6.58. The SMILES string of the molecule is COc1ccc(N)c(SCc2ncc(C(C)(C)C)o2)c1. The molecule has 2 rings (SSSR count). The third-order valence-electron chi connectivity index (χ3n) is 2.86. The Morgan fingerprint density at radius 2 is 2.10 bits per heavy atom. The lowest BCUT2D eigenvalue weighted by Gasteiger charge is -2.13. The molecule has 0 radical (unpaired) electrons. The number of ether oxygens (including phenoxy) is 1. The normalized spacial score (nSPS) is 11.6. The standard InChI is InChI=1S/C15H20N2O2S/c1-15(2,3)13-8-17-14(19-13)9-20-12-7-10(18-4)5-6-11(12)16/h5-8H,9,16H2,1-4H3. The monoisotopic (exact) mass is 292 g/mol. The van der Waals surface area contributed by atoms with E-state index in [0.29, 0.717) is 11.6 Å². The van der Waals surface area contributed by atoms with Crippen molar-refractivity contribution in [2.45, 2.75) is 36.8 Å². The molecular weight excluding hydrogens is 272 g/mol. The van der Waals surface area contributed by atoms with Gasteiger partial charge in [-0.25, -0.2) is 4.98 Å². The number of nitrogens with zero attached hydrogens (tertiary/aromatic N) is 1. The minimum atomic E-state index is -0.0229. The number of rotatable bonds is 4. The van der Waals surface area contributed by atoms with Gasteiger partial charge in [0, 0.05) is 16.0 Å². The maximum atomic E-state index is 5.96. The number of thioether (sulfide) groups is 1. The van der Waals surface area contributed by atoms with Crippen molar-refractivity contribution in [2.75, 3.05) is 12.8 Å². The van der Waals surface area contributed by atoms with Crippen molar-refractivity contribution in [3.63, 3.8) is 0 Å². The lowest BCUT2D eigenvalue weighted by Crippen LogP contribution is -2.09. The van der Waals surface area contributed by atoms with Gasteiger partial charge in [-0.05, 0) is 18.2 Å². The third kappa shape index (κ3) is 3.48. The Morgan fingerprint density at radius 1 is 1.35 bits per heavy atom. The summed E-state index contributed by atoms with van der Waals surface area (Å²) in [6.45, 7) is 6.31. The molecule has 0 fully saturated rings. The summed E-state index contributed by atoms with van der Waals surface area (Å²) in [4.78, 5) is 5.28. The molecule has 0 amide bonds. The van der Waals surface area contributed by atoms with Crippen LogP contribution in [0.1, 0.15) is 32.4 Å². The van der Waals surface area contributed by atoms with Crippen LogP contribution in [-0.2, 0) is 11.2 Å². The highest BCUT2D eigenvalue weighted by molar-refractivity contribution is 7.98. The Morgan fingerprint density at radius 3 is 2.70 bits per heavy atom. The van der Waals surface area contributed by atoms with Crippen LogP contribution in [0.4, 0.5) is 5.69 Å². The first kappa shape index (κ1) is 14.8. The molecule has 0 saturated heterocycles. The second-order valence-electron chi connectivity index (χ2n) is 5.56. The first-order valence-electron chi connectivity index (χ1n) is 6.41. The number of hydrogen-bond acceptors (Lipinski definition) is 5. The van der Waals surface area contributed by atoms with Crippen LogP contribution in [0, 0.1) is 0 Å². The molecule has 1 aromatic carbocycles. The molecule has 5 heteroatoms. The van der Waals surface area contributed by atoms with E-state index in [2.05, 4.69) is 25.8 Å². The van der Waals surface area contributed by atoms with Gasteiger partial charge in [0.2, 0.25) is 5.89 Å². The van der Waals surface area contributed by atoms with Crippen LogP contribution in [0.25, 0.3) is 0 Å². The molecule has 0 aliphatic rings. The largest absolute Gasteiger partial charge is 0.497 e. The van der Waals surface area contributed by atoms with E-state index in [-0.39, 0.29) is 5.41 Å².